The first-order valence-electron chi connectivity index (χ1n) is 7.40. The fourth-order valence-corrected chi connectivity index (χ4v) is 3.71. The lowest BCUT2D eigenvalue weighted by Gasteiger charge is -2.47. The van der Waals surface area contributed by atoms with Gasteiger partial charge in [-0.15, -0.1) is 0 Å². The van der Waals surface area contributed by atoms with Crippen molar-refractivity contribution in [2.45, 2.75) is 62.9 Å². The van der Waals surface area contributed by atoms with Gasteiger partial charge in [-0.25, -0.2) is 0 Å². The molecule has 1 saturated carbocycles. The monoisotopic (exact) mass is 255 g/mol. The molecule has 0 aromatic rings. The summed E-state index contributed by atoms with van der Waals surface area (Å²) in [5, 5.41) is 10.1. The van der Waals surface area contributed by atoms with Crippen molar-refractivity contribution in [3.8, 4) is 0 Å². The number of rotatable bonds is 4. The lowest BCUT2D eigenvalue weighted by molar-refractivity contribution is -0.170. The van der Waals surface area contributed by atoms with Gasteiger partial charge in [-0.05, 0) is 19.3 Å². The Balaban J connectivity index is 1.43. The summed E-state index contributed by atoms with van der Waals surface area (Å²) in [5.74, 6) is -0.241. The molecule has 1 atom stereocenters. The van der Waals surface area contributed by atoms with Crippen LogP contribution in [0.15, 0.2) is 0 Å². The summed E-state index contributed by atoms with van der Waals surface area (Å²) in [6, 6.07) is 0. The Bertz CT molecular complexity index is 295. The second kappa shape index (κ2) is 4.75. The summed E-state index contributed by atoms with van der Waals surface area (Å²) in [4.78, 5) is 2.29. The topological polar surface area (TPSA) is 41.9 Å². The molecule has 2 saturated heterocycles. The van der Waals surface area contributed by atoms with E-state index in [1.807, 2.05) is 0 Å². The van der Waals surface area contributed by atoms with Crippen LogP contribution in [0.3, 0.4) is 0 Å². The molecule has 0 aromatic heterocycles. The van der Waals surface area contributed by atoms with Crippen LogP contribution in [0.4, 0.5) is 0 Å². The molecule has 0 bridgehead atoms. The molecular formula is C14H25NO3. The third-order valence-electron chi connectivity index (χ3n) is 4.49. The lowest BCUT2D eigenvalue weighted by Crippen LogP contribution is -2.63. The molecule has 0 amide bonds. The summed E-state index contributed by atoms with van der Waals surface area (Å²) in [6.07, 6.45) is 6.74. The first-order chi connectivity index (χ1) is 8.63. The van der Waals surface area contributed by atoms with Gasteiger partial charge in [0.25, 0.3) is 0 Å². The van der Waals surface area contributed by atoms with Gasteiger partial charge in [0, 0.05) is 32.5 Å². The van der Waals surface area contributed by atoms with Gasteiger partial charge in [-0.2, -0.15) is 0 Å². The van der Waals surface area contributed by atoms with Crippen LogP contribution in [0.5, 0.6) is 0 Å². The second-order valence-electron chi connectivity index (χ2n) is 6.31. The SMILES string of the molecule is CCCC1(O)CN(CC2COC3(CCCC3)O2)C1. The van der Waals surface area contributed by atoms with E-state index in [4.69, 9.17) is 9.47 Å². The molecule has 1 aliphatic carbocycles. The predicted molar refractivity (Wildman–Crippen MR) is 68.3 cm³/mol. The van der Waals surface area contributed by atoms with Crippen molar-refractivity contribution in [3.63, 3.8) is 0 Å². The van der Waals surface area contributed by atoms with Crippen LogP contribution in [0.25, 0.3) is 0 Å². The molecule has 3 aliphatic rings. The molecular weight excluding hydrogens is 230 g/mol. The molecule has 3 fully saturated rings. The van der Waals surface area contributed by atoms with E-state index >= 15 is 0 Å². The quantitative estimate of drug-likeness (QED) is 0.827. The van der Waals surface area contributed by atoms with Crippen molar-refractivity contribution < 1.29 is 14.6 Å². The Hall–Kier alpha value is -0.160. The Labute approximate surface area is 109 Å². The average molecular weight is 255 g/mol. The van der Waals surface area contributed by atoms with Gasteiger partial charge in [0.2, 0.25) is 0 Å². The molecule has 1 unspecified atom stereocenters. The minimum atomic E-state index is -0.431. The van der Waals surface area contributed by atoms with E-state index in [9.17, 15) is 5.11 Å². The minimum Gasteiger partial charge on any atom is -0.387 e. The van der Waals surface area contributed by atoms with Crippen molar-refractivity contribution in [2.24, 2.45) is 0 Å². The summed E-state index contributed by atoms with van der Waals surface area (Å²) < 4.78 is 12.0. The zero-order chi connectivity index (χ0) is 12.6. The fourth-order valence-electron chi connectivity index (χ4n) is 3.71. The van der Waals surface area contributed by atoms with E-state index in [0.717, 1.165) is 51.9 Å². The molecule has 2 aliphatic heterocycles. The second-order valence-corrected chi connectivity index (χ2v) is 6.31. The van der Waals surface area contributed by atoms with Crippen LogP contribution in [-0.4, -0.2) is 53.7 Å². The van der Waals surface area contributed by atoms with Crippen LogP contribution in [0.1, 0.15) is 45.4 Å². The van der Waals surface area contributed by atoms with Gasteiger partial charge in [0.1, 0.15) is 0 Å². The number of β-amino-alcohol motifs (C(OH)–C–C–N with tert-alkyl or cyclic N) is 1. The van der Waals surface area contributed by atoms with Gasteiger partial charge in [-0.3, -0.25) is 4.90 Å². The summed E-state index contributed by atoms with van der Waals surface area (Å²) in [6.45, 7) is 5.36. The highest BCUT2D eigenvalue weighted by Crippen LogP contribution is 2.39. The summed E-state index contributed by atoms with van der Waals surface area (Å²) in [5.41, 5.74) is -0.431. The maximum Gasteiger partial charge on any atom is 0.168 e. The van der Waals surface area contributed by atoms with E-state index in [0.29, 0.717) is 0 Å². The summed E-state index contributed by atoms with van der Waals surface area (Å²) >= 11 is 0. The van der Waals surface area contributed by atoms with Gasteiger partial charge in [0.15, 0.2) is 5.79 Å². The number of likely N-dealkylation sites (tertiary alicyclic amines) is 1. The van der Waals surface area contributed by atoms with Gasteiger partial charge >= 0.3 is 0 Å². The molecule has 4 nitrogen and oxygen atoms in total. The molecule has 2 heterocycles. The van der Waals surface area contributed by atoms with Crippen molar-refractivity contribution >= 4 is 0 Å². The number of aliphatic hydroxyl groups is 1. The van der Waals surface area contributed by atoms with E-state index in [1.165, 1.54) is 12.8 Å². The number of ether oxygens (including phenoxy) is 2. The smallest absolute Gasteiger partial charge is 0.168 e. The van der Waals surface area contributed by atoms with E-state index in [-0.39, 0.29) is 11.9 Å². The Morgan fingerprint density at radius 1 is 1.28 bits per heavy atom. The van der Waals surface area contributed by atoms with Crippen LogP contribution in [-0.2, 0) is 9.47 Å². The molecule has 18 heavy (non-hydrogen) atoms. The standard InChI is InChI=1S/C14H25NO3/c1-2-5-13(16)10-15(11-13)8-12-9-17-14(18-12)6-3-4-7-14/h12,16H,2-11H2,1H3. The highest BCUT2D eigenvalue weighted by molar-refractivity contribution is 4.96. The average Bonchev–Trinajstić information content (AvgIpc) is 2.89. The van der Waals surface area contributed by atoms with Gasteiger partial charge in [-0.1, -0.05) is 13.3 Å². The largest absolute Gasteiger partial charge is 0.387 e. The third kappa shape index (κ3) is 2.44. The fraction of sp³-hybridized carbons (Fsp3) is 1.00. The van der Waals surface area contributed by atoms with Crippen molar-refractivity contribution in [3.05, 3.63) is 0 Å². The van der Waals surface area contributed by atoms with E-state index in [2.05, 4.69) is 11.8 Å². The normalized spacial score (nSPS) is 34.0. The Morgan fingerprint density at radius 3 is 2.67 bits per heavy atom. The highest BCUT2D eigenvalue weighted by Gasteiger charge is 2.46. The minimum absolute atomic E-state index is 0.203. The van der Waals surface area contributed by atoms with E-state index < -0.39 is 5.60 Å². The molecule has 1 spiro atoms. The third-order valence-corrected chi connectivity index (χ3v) is 4.49. The number of hydrogen-bond acceptors (Lipinski definition) is 4. The molecule has 0 radical (unpaired) electrons. The van der Waals surface area contributed by atoms with Crippen LogP contribution >= 0.6 is 0 Å². The highest BCUT2D eigenvalue weighted by atomic mass is 16.7. The maximum absolute atomic E-state index is 10.1. The molecule has 1 N–H and O–H groups in total. The van der Waals surface area contributed by atoms with Crippen molar-refractivity contribution in [2.75, 3.05) is 26.2 Å². The predicted octanol–water partition coefficient (Wildman–Crippen LogP) is 1.52. The maximum atomic E-state index is 10.1. The first kappa shape index (κ1) is 12.9. The molecule has 104 valence electrons. The van der Waals surface area contributed by atoms with Gasteiger partial charge in [0.05, 0.1) is 18.3 Å². The first-order valence-corrected chi connectivity index (χ1v) is 7.40. The number of hydrogen-bond donors (Lipinski definition) is 1. The van der Waals surface area contributed by atoms with Gasteiger partial charge < -0.3 is 14.6 Å². The zero-order valence-corrected chi connectivity index (χ0v) is 11.4. The van der Waals surface area contributed by atoms with Crippen LogP contribution in [0.2, 0.25) is 0 Å². The molecule has 3 rings (SSSR count). The van der Waals surface area contributed by atoms with Crippen molar-refractivity contribution in [1.82, 2.24) is 4.90 Å². The molecule has 0 aromatic carbocycles. The Kier molecular flexibility index (Phi) is 3.39. The number of nitrogens with zero attached hydrogens (tertiary/aromatic N) is 1. The van der Waals surface area contributed by atoms with E-state index in [1.54, 1.807) is 0 Å². The van der Waals surface area contributed by atoms with Crippen LogP contribution in [0, 0.1) is 0 Å². The Morgan fingerprint density at radius 2 is 2.00 bits per heavy atom. The summed E-state index contributed by atoms with van der Waals surface area (Å²) in [7, 11) is 0. The van der Waals surface area contributed by atoms with Crippen molar-refractivity contribution in [1.29, 1.82) is 0 Å². The molecule has 4 heteroatoms. The van der Waals surface area contributed by atoms with Crippen LogP contribution < -0.4 is 0 Å². The lowest BCUT2D eigenvalue weighted by atomic mass is 9.89. The zero-order valence-electron chi connectivity index (χ0n) is 11.4.